The Bertz CT molecular complexity index is 1300. The minimum Gasteiger partial charge on any atom is -0.493 e. The van der Waals surface area contributed by atoms with Crippen molar-refractivity contribution in [2.75, 3.05) is 13.2 Å². The van der Waals surface area contributed by atoms with Gasteiger partial charge in [0.1, 0.15) is 17.8 Å². The van der Waals surface area contributed by atoms with Gasteiger partial charge in [0.2, 0.25) is 0 Å². The van der Waals surface area contributed by atoms with Crippen LogP contribution in [0.2, 0.25) is 0 Å². The van der Waals surface area contributed by atoms with Crippen LogP contribution < -0.4 is 9.47 Å². The van der Waals surface area contributed by atoms with Gasteiger partial charge < -0.3 is 9.47 Å². The van der Waals surface area contributed by atoms with E-state index in [2.05, 4.69) is 35.9 Å². The zero-order chi connectivity index (χ0) is 29.2. The molecule has 0 radical (unpaired) electrons. The molecule has 4 aromatic rings. The van der Waals surface area contributed by atoms with Crippen LogP contribution >= 0.6 is 0 Å². The van der Waals surface area contributed by atoms with Crippen LogP contribution in [0.1, 0.15) is 90.9 Å². The molecule has 4 rings (SSSR count). The summed E-state index contributed by atoms with van der Waals surface area (Å²) in [5.74, 6) is 2.30. The molecule has 2 heterocycles. The van der Waals surface area contributed by atoms with Gasteiger partial charge in [-0.2, -0.15) is 0 Å². The largest absolute Gasteiger partial charge is 0.493 e. The molecule has 2 aromatic carbocycles. The monoisotopic (exact) mass is 566 g/mol. The van der Waals surface area contributed by atoms with Gasteiger partial charge in [-0.3, -0.25) is 0 Å². The number of rotatable bonds is 19. The standard InChI is InChI=1S/C36H46N4O2/c1-3-5-7-9-11-16-20-41-34-23-33(31-26-39-36(40-27-31)29-18-14-13-15-19-29)35(42-21-17-12-10-8-6-4-2)22-32(34)30-24-37-28-38-25-30/h13-15,18-19,22-28H,3-12,16-17,20-21H2,1-2H3. The number of benzene rings is 2. The molecule has 2 aromatic heterocycles. The zero-order valence-corrected chi connectivity index (χ0v) is 25.4. The van der Waals surface area contributed by atoms with Gasteiger partial charge >= 0.3 is 0 Å². The lowest BCUT2D eigenvalue weighted by Crippen LogP contribution is -2.03. The highest BCUT2D eigenvalue weighted by molar-refractivity contribution is 5.80. The quantitative estimate of drug-likeness (QED) is 0.105. The lowest BCUT2D eigenvalue weighted by atomic mass is 10.0. The van der Waals surface area contributed by atoms with Crippen molar-refractivity contribution in [1.29, 1.82) is 0 Å². The van der Waals surface area contributed by atoms with Crippen molar-refractivity contribution in [3.8, 4) is 45.1 Å². The summed E-state index contributed by atoms with van der Waals surface area (Å²) < 4.78 is 12.9. The average Bonchev–Trinajstić information content (AvgIpc) is 3.05. The highest BCUT2D eigenvalue weighted by Crippen LogP contribution is 2.41. The van der Waals surface area contributed by atoms with Gasteiger partial charge in [-0.25, -0.2) is 19.9 Å². The lowest BCUT2D eigenvalue weighted by Gasteiger charge is -2.18. The van der Waals surface area contributed by atoms with Crippen LogP contribution in [0.15, 0.2) is 73.6 Å². The Morgan fingerprint density at radius 2 is 1.00 bits per heavy atom. The Labute approximate surface area is 252 Å². The van der Waals surface area contributed by atoms with Gasteiger partial charge in [0.15, 0.2) is 5.82 Å². The van der Waals surface area contributed by atoms with E-state index in [1.54, 1.807) is 6.33 Å². The van der Waals surface area contributed by atoms with Crippen molar-refractivity contribution in [2.24, 2.45) is 0 Å². The van der Waals surface area contributed by atoms with Gasteiger partial charge in [0.05, 0.1) is 13.2 Å². The first-order valence-electron chi connectivity index (χ1n) is 15.9. The fourth-order valence-corrected chi connectivity index (χ4v) is 5.02. The second-order valence-electron chi connectivity index (χ2n) is 10.9. The van der Waals surface area contributed by atoms with Crippen LogP contribution in [0, 0.1) is 0 Å². The summed E-state index contributed by atoms with van der Waals surface area (Å²) in [5.41, 5.74) is 4.66. The number of nitrogens with zero attached hydrogens (tertiary/aromatic N) is 4. The number of hydrogen-bond donors (Lipinski definition) is 0. The van der Waals surface area contributed by atoms with E-state index < -0.39 is 0 Å². The van der Waals surface area contributed by atoms with E-state index in [1.807, 2.05) is 55.1 Å². The molecule has 6 nitrogen and oxygen atoms in total. The van der Waals surface area contributed by atoms with Gasteiger partial charge in [-0.15, -0.1) is 0 Å². The topological polar surface area (TPSA) is 70.0 Å². The molecule has 222 valence electrons. The summed E-state index contributed by atoms with van der Waals surface area (Å²) in [6.07, 6.45) is 23.5. The second kappa shape index (κ2) is 17.9. The minimum absolute atomic E-state index is 0.658. The number of hydrogen-bond acceptors (Lipinski definition) is 6. The van der Waals surface area contributed by atoms with Crippen LogP contribution in [-0.2, 0) is 0 Å². The molecule has 0 saturated heterocycles. The lowest BCUT2D eigenvalue weighted by molar-refractivity contribution is 0.298. The summed E-state index contributed by atoms with van der Waals surface area (Å²) >= 11 is 0. The second-order valence-corrected chi connectivity index (χ2v) is 10.9. The van der Waals surface area contributed by atoms with Gasteiger partial charge in [0, 0.05) is 52.6 Å². The van der Waals surface area contributed by atoms with Crippen LogP contribution in [0.5, 0.6) is 11.5 Å². The van der Waals surface area contributed by atoms with Crippen molar-refractivity contribution in [3.63, 3.8) is 0 Å². The predicted molar refractivity (Wildman–Crippen MR) is 172 cm³/mol. The molecule has 0 aliphatic heterocycles. The number of ether oxygens (including phenoxy) is 2. The van der Waals surface area contributed by atoms with E-state index in [0.29, 0.717) is 19.0 Å². The third-order valence-electron chi connectivity index (χ3n) is 7.46. The summed E-state index contributed by atoms with van der Waals surface area (Å²) in [4.78, 5) is 17.9. The molecule has 0 amide bonds. The number of unbranched alkanes of at least 4 members (excludes halogenated alkanes) is 10. The highest BCUT2D eigenvalue weighted by Gasteiger charge is 2.17. The molecule has 0 N–H and O–H groups in total. The zero-order valence-electron chi connectivity index (χ0n) is 25.4. The molecular weight excluding hydrogens is 520 g/mol. The first-order valence-corrected chi connectivity index (χ1v) is 15.9. The number of aromatic nitrogens is 4. The first-order chi connectivity index (χ1) is 20.8. The molecule has 42 heavy (non-hydrogen) atoms. The molecule has 0 spiro atoms. The smallest absolute Gasteiger partial charge is 0.159 e. The Balaban J connectivity index is 1.60. The van der Waals surface area contributed by atoms with Crippen LogP contribution in [0.3, 0.4) is 0 Å². The van der Waals surface area contributed by atoms with Crippen LogP contribution in [0.25, 0.3) is 33.6 Å². The average molecular weight is 567 g/mol. The van der Waals surface area contributed by atoms with E-state index in [1.165, 1.54) is 64.2 Å². The summed E-state index contributed by atoms with van der Waals surface area (Å²) in [5, 5.41) is 0. The molecule has 0 fully saturated rings. The summed E-state index contributed by atoms with van der Waals surface area (Å²) in [6, 6.07) is 14.2. The van der Waals surface area contributed by atoms with E-state index in [0.717, 1.165) is 52.2 Å². The van der Waals surface area contributed by atoms with E-state index in [9.17, 15) is 0 Å². The molecule has 0 bridgehead atoms. The SMILES string of the molecule is CCCCCCCCOc1cc(-c2cnc(-c3ccccc3)nc2)c(OCCCCCCCC)cc1-c1cncnc1. The highest BCUT2D eigenvalue weighted by atomic mass is 16.5. The Morgan fingerprint density at radius 3 is 1.52 bits per heavy atom. The van der Waals surface area contributed by atoms with Crippen molar-refractivity contribution < 1.29 is 9.47 Å². The van der Waals surface area contributed by atoms with Gasteiger partial charge in [-0.05, 0) is 25.0 Å². The molecule has 0 saturated carbocycles. The first kappa shape index (κ1) is 31.1. The van der Waals surface area contributed by atoms with Gasteiger partial charge in [0.25, 0.3) is 0 Å². The third-order valence-corrected chi connectivity index (χ3v) is 7.46. The third kappa shape index (κ3) is 9.64. The maximum Gasteiger partial charge on any atom is 0.159 e. The molecule has 0 aliphatic rings. The molecular formula is C36H46N4O2. The summed E-state index contributed by atoms with van der Waals surface area (Å²) in [6.45, 7) is 5.81. The van der Waals surface area contributed by atoms with E-state index in [-0.39, 0.29) is 0 Å². The normalized spacial score (nSPS) is 11.0. The van der Waals surface area contributed by atoms with E-state index in [4.69, 9.17) is 19.4 Å². The minimum atomic E-state index is 0.658. The molecule has 0 atom stereocenters. The predicted octanol–water partition coefficient (Wildman–Crippen LogP) is 9.75. The molecule has 0 aliphatic carbocycles. The molecule has 0 unspecified atom stereocenters. The maximum absolute atomic E-state index is 6.46. The van der Waals surface area contributed by atoms with Crippen molar-refractivity contribution >= 4 is 0 Å². The summed E-state index contributed by atoms with van der Waals surface area (Å²) in [7, 11) is 0. The van der Waals surface area contributed by atoms with Gasteiger partial charge in [-0.1, -0.05) is 108 Å². The van der Waals surface area contributed by atoms with Crippen molar-refractivity contribution in [1.82, 2.24) is 19.9 Å². The maximum atomic E-state index is 6.46. The Morgan fingerprint density at radius 1 is 0.524 bits per heavy atom. The van der Waals surface area contributed by atoms with Crippen molar-refractivity contribution in [2.45, 2.75) is 90.9 Å². The van der Waals surface area contributed by atoms with Crippen molar-refractivity contribution in [3.05, 3.63) is 73.6 Å². The van der Waals surface area contributed by atoms with Crippen LogP contribution in [-0.4, -0.2) is 33.1 Å². The fraction of sp³-hybridized carbons (Fsp3) is 0.444. The Kier molecular flexibility index (Phi) is 13.3. The van der Waals surface area contributed by atoms with Crippen LogP contribution in [0.4, 0.5) is 0 Å². The fourth-order valence-electron chi connectivity index (χ4n) is 5.02. The van der Waals surface area contributed by atoms with E-state index >= 15 is 0 Å². The molecule has 6 heteroatoms. The Hall–Kier alpha value is -3.80.